The first-order chi connectivity index (χ1) is 17.8. The molecule has 0 saturated carbocycles. The van der Waals surface area contributed by atoms with Crippen molar-refractivity contribution in [3.8, 4) is 23.0 Å². The number of aryl methyl sites for hydroxylation is 2. The molecule has 0 radical (unpaired) electrons. The van der Waals surface area contributed by atoms with Crippen molar-refractivity contribution < 1.29 is 18.3 Å². The highest BCUT2D eigenvalue weighted by atomic mass is 32.2. The fourth-order valence-electron chi connectivity index (χ4n) is 3.68. The van der Waals surface area contributed by atoms with Gasteiger partial charge in [-0.3, -0.25) is 4.72 Å². The van der Waals surface area contributed by atoms with Crippen molar-refractivity contribution in [1.29, 1.82) is 0 Å². The average Bonchev–Trinajstić information content (AvgIpc) is 2.90. The van der Waals surface area contributed by atoms with E-state index < -0.39 is 16.0 Å². The number of para-hydroxylation sites is 1. The molecule has 0 fully saturated rings. The van der Waals surface area contributed by atoms with Gasteiger partial charge in [-0.1, -0.05) is 74.2 Å². The van der Waals surface area contributed by atoms with Gasteiger partial charge in [0.15, 0.2) is 0 Å². The van der Waals surface area contributed by atoms with Crippen molar-refractivity contribution in [2.75, 3.05) is 4.72 Å². The van der Waals surface area contributed by atoms with E-state index in [1.54, 1.807) is 42.5 Å². The van der Waals surface area contributed by atoms with E-state index in [-0.39, 0.29) is 10.6 Å². The zero-order valence-electron chi connectivity index (χ0n) is 21.1. The monoisotopic (exact) mass is 512 g/mol. The Labute approximate surface area is 218 Å². The molecule has 7 heteroatoms. The average molecular weight is 513 g/mol. The van der Waals surface area contributed by atoms with E-state index in [9.17, 15) is 13.2 Å². The van der Waals surface area contributed by atoms with Crippen molar-refractivity contribution in [2.45, 2.75) is 32.6 Å². The van der Waals surface area contributed by atoms with Gasteiger partial charge < -0.3 is 5.11 Å². The number of nitrogens with zero attached hydrogens (tertiary/aromatic N) is 1. The second-order valence-electron chi connectivity index (χ2n) is 7.90. The van der Waals surface area contributed by atoms with Gasteiger partial charge in [-0.05, 0) is 60.9 Å². The summed E-state index contributed by atoms with van der Waals surface area (Å²) in [4.78, 5) is 15.0. The fourth-order valence-corrected chi connectivity index (χ4v) is 5.05. The van der Waals surface area contributed by atoms with Crippen LogP contribution in [0.2, 0.25) is 0 Å². The van der Waals surface area contributed by atoms with E-state index in [0.717, 1.165) is 16.7 Å². The number of aromatic carboxylic acids is 1. The Morgan fingerprint density at radius 3 is 2.19 bits per heavy atom. The lowest BCUT2D eigenvalue weighted by molar-refractivity contribution is 0.0690. The van der Waals surface area contributed by atoms with Crippen LogP contribution in [0, 0.1) is 25.7 Å². The Hall–Kier alpha value is -4.41. The molecule has 6 nitrogen and oxygen atoms in total. The zero-order valence-corrected chi connectivity index (χ0v) is 21.9. The third-order valence-corrected chi connectivity index (χ3v) is 6.84. The Balaban J connectivity index is 0.00000186. The van der Waals surface area contributed by atoms with Gasteiger partial charge in [-0.15, -0.1) is 0 Å². The quantitative estimate of drug-likeness (QED) is 0.306. The Bertz CT molecular complexity index is 1580. The maximum atomic E-state index is 13.6. The zero-order chi connectivity index (χ0) is 27.0. The van der Waals surface area contributed by atoms with Crippen LogP contribution in [0.4, 0.5) is 5.69 Å². The van der Waals surface area contributed by atoms with Crippen molar-refractivity contribution >= 4 is 21.7 Å². The highest BCUT2D eigenvalue weighted by Crippen LogP contribution is 2.34. The first-order valence-electron chi connectivity index (χ1n) is 11.7. The molecule has 1 heterocycles. The number of hydrogen-bond acceptors (Lipinski definition) is 4. The number of carbonyl (C=O) groups is 1. The van der Waals surface area contributed by atoms with Gasteiger partial charge in [0.2, 0.25) is 0 Å². The Morgan fingerprint density at radius 1 is 0.838 bits per heavy atom. The van der Waals surface area contributed by atoms with E-state index in [2.05, 4.69) is 21.5 Å². The lowest BCUT2D eigenvalue weighted by atomic mass is 9.97. The van der Waals surface area contributed by atoms with Gasteiger partial charge in [0, 0.05) is 22.9 Å². The van der Waals surface area contributed by atoms with Crippen LogP contribution in [0.1, 0.15) is 46.6 Å². The summed E-state index contributed by atoms with van der Waals surface area (Å²) in [6.45, 7) is 7.85. The normalized spacial score (nSPS) is 10.4. The third-order valence-electron chi connectivity index (χ3n) is 5.43. The number of sulfonamides is 1. The number of carboxylic acids is 1. The number of aromatic nitrogens is 1. The summed E-state index contributed by atoms with van der Waals surface area (Å²) < 4.78 is 29.8. The molecule has 0 aliphatic carbocycles. The lowest BCUT2D eigenvalue weighted by Gasteiger charge is -2.17. The van der Waals surface area contributed by atoms with Crippen LogP contribution in [0.3, 0.4) is 0 Å². The molecule has 0 aliphatic heterocycles. The smallest absolute Gasteiger partial charge is 0.354 e. The number of carboxylic acid groups (broad SMARTS) is 1. The number of nitrogens with one attached hydrogen (secondary N) is 1. The standard InChI is InChI=1S/C28H22N2O4S.C2H6/c1-19-8-3-5-11-23(19)27-20(2)9-7-13-26(27)35(33,34)30-24-12-6-4-10-22(24)16-14-21-15-17-25(28(31)32)29-18-21;1-2/h3-13,15,17-18,30H,1-2H3,(H,31,32);1-2H3. The molecule has 0 spiro atoms. The number of anilines is 1. The highest BCUT2D eigenvalue weighted by molar-refractivity contribution is 7.92. The molecular weight excluding hydrogens is 484 g/mol. The van der Waals surface area contributed by atoms with Crippen LogP contribution in [0.25, 0.3) is 11.1 Å². The van der Waals surface area contributed by atoms with Gasteiger partial charge in [0.25, 0.3) is 10.0 Å². The number of pyridine rings is 1. The van der Waals surface area contributed by atoms with Gasteiger partial charge in [0.1, 0.15) is 5.69 Å². The Kier molecular flexibility index (Phi) is 8.83. The van der Waals surface area contributed by atoms with E-state index in [1.165, 1.54) is 12.3 Å². The van der Waals surface area contributed by atoms with E-state index >= 15 is 0 Å². The molecule has 4 rings (SSSR count). The minimum atomic E-state index is -3.95. The lowest BCUT2D eigenvalue weighted by Crippen LogP contribution is -2.15. The molecule has 2 N–H and O–H groups in total. The topological polar surface area (TPSA) is 96.4 Å². The summed E-state index contributed by atoms with van der Waals surface area (Å²) in [5, 5.41) is 8.98. The predicted octanol–water partition coefficient (Wildman–Crippen LogP) is 6.29. The molecule has 1 aromatic heterocycles. The molecule has 0 atom stereocenters. The fraction of sp³-hybridized carbons (Fsp3) is 0.133. The van der Waals surface area contributed by atoms with E-state index in [4.69, 9.17) is 5.11 Å². The SMILES string of the molecule is CC.Cc1ccccc1-c1c(C)cccc1S(=O)(=O)Nc1ccccc1C#Cc1ccc(C(=O)O)nc1. The van der Waals surface area contributed by atoms with Crippen molar-refractivity contribution in [3.63, 3.8) is 0 Å². The molecule has 0 unspecified atom stereocenters. The minimum Gasteiger partial charge on any atom is -0.477 e. The summed E-state index contributed by atoms with van der Waals surface area (Å²) in [6.07, 6.45) is 1.37. The summed E-state index contributed by atoms with van der Waals surface area (Å²) >= 11 is 0. The van der Waals surface area contributed by atoms with E-state index in [1.807, 2.05) is 58.0 Å². The molecule has 37 heavy (non-hydrogen) atoms. The van der Waals surface area contributed by atoms with Crippen LogP contribution in [-0.2, 0) is 10.0 Å². The van der Waals surface area contributed by atoms with Gasteiger partial charge in [-0.25, -0.2) is 18.2 Å². The van der Waals surface area contributed by atoms with Gasteiger partial charge in [-0.2, -0.15) is 0 Å². The predicted molar refractivity (Wildman–Crippen MR) is 147 cm³/mol. The van der Waals surface area contributed by atoms with Crippen LogP contribution in [0.15, 0.2) is 90.0 Å². The van der Waals surface area contributed by atoms with Crippen molar-refractivity contribution in [1.82, 2.24) is 4.98 Å². The molecule has 0 amide bonds. The second kappa shape index (κ2) is 12.0. The maximum Gasteiger partial charge on any atom is 0.354 e. The third kappa shape index (κ3) is 6.43. The van der Waals surface area contributed by atoms with Crippen molar-refractivity contribution in [3.05, 3.63) is 113 Å². The number of rotatable bonds is 5. The second-order valence-corrected chi connectivity index (χ2v) is 9.55. The largest absolute Gasteiger partial charge is 0.477 e. The maximum absolute atomic E-state index is 13.6. The Morgan fingerprint density at radius 2 is 1.51 bits per heavy atom. The number of hydrogen-bond donors (Lipinski definition) is 2. The van der Waals surface area contributed by atoms with Crippen LogP contribution in [0.5, 0.6) is 0 Å². The number of benzene rings is 3. The minimum absolute atomic E-state index is 0.0775. The molecule has 0 aliphatic rings. The van der Waals surface area contributed by atoms with Gasteiger partial charge >= 0.3 is 5.97 Å². The molecular formula is C30H28N2O4S. The van der Waals surface area contributed by atoms with E-state index in [0.29, 0.717) is 22.4 Å². The summed E-state index contributed by atoms with van der Waals surface area (Å²) in [7, 11) is -3.95. The molecule has 0 saturated heterocycles. The van der Waals surface area contributed by atoms with Gasteiger partial charge in [0.05, 0.1) is 10.6 Å². The van der Waals surface area contributed by atoms with Crippen LogP contribution in [-0.4, -0.2) is 24.5 Å². The summed E-state index contributed by atoms with van der Waals surface area (Å²) in [5.41, 5.74) is 4.59. The first kappa shape index (κ1) is 27.2. The summed E-state index contributed by atoms with van der Waals surface area (Å²) in [5.74, 6) is 4.74. The molecule has 188 valence electrons. The first-order valence-corrected chi connectivity index (χ1v) is 13.2. The van der Waals surface area contributed by atoms with Crippen LogP contribution < -0.4 is 4.72 Å². The highest BCUT2D eigenvalue weighted by Gasteiger charge is 2.22. The van der Waals surface area contributed by atoms with Crippen molar-refractivity contribution in [2.24, 2.45) is 0 Å². The summed E-state index contributed by atoms with van der Waals surface area (Å²) in [6, 6.07) is 22.7. The van der Waals surface area contributed by atoms with Crippen LogP contribution >= 0.6 is 0 Å². The molecule has 0 bridgehead atoms. The molecule has 3 aromatic carbocycles. The molecule has 4 aromatic rings.